The van der Waals surface area contributed by atoms with Gasteiger partial charge in [0.1, 0.15) is 0 Å². The lowest BCUT2D eigenvalue weighted by Gasteiger charge is -2.10. The molecule has 0 radical (unpaired) electrons. The van der Waals surface area contributed by atoms with E-state index in [-0.39, 0.29) is 5.91 Å². The second kappa shape index (κ2) is 5.43. The maximum atomic E-state index is 11.4. The number of benzene rings is 1. The first-order valence-corrected chi connectivity index (χ1v) is 6.12. The van der Waals surface area contributed by atoms with Gasteiger partial charge >= 0.3 is 0 Å². The number of carbonyl (C=O) groups is 1. The fourth-order valence-electron chi connectivity index (χ4n) is 0.860. The Morgan fingerprint density at radius 1 is 1.47 bits per heavy atom. The van der Waals surface area contributed by atoms with Gasteiger partial charge in [0.2, 0.25) is 5.91 Å². The van der Waals surface area contributed by atoms with Crippen molar-refractivity contribution in [2.45, 2.75) is 12.2 Å². The number of hydrogen-bond acceptors (Lipinski definition) is 2. The van der Waals surface area contributed by atoms with Crippen LogP contribution in [0.25, 0.3) is 0 Å². The normalized spacial score (nSPS) is 12.3. The lowest BCUT2D eigenvalue weighted by molar-refractivity contribution is -0.115. The van der Waals surface area contributed by atoms with E-state index in [1.54, 1.807) is 19.1 Å². The topological polar surface area (TPSA) is 29.1 Å². The Balaban J connectivity index is 2.97. The van der Waals surface area contributed by atoms with E-state index in [2.05, 4.69) is 33.9 Å². The summed E-state index contributed by atoms with van der Waals surface area (Å²) in [5.41, 5.74) is 0.482. The predicted octanol–water partition coefficient (Wildman–Crippen LogP) is 4.01. The third-order valence-electron chi connectivity index (χ3n) is 1.67. The van der Waals surface area contributed by atoms with E-state index in [0.717, 1.165) is 0 Å². The lowest BCUT2D eigenvalue weighted by atomic mass is 10.3. The van der Waals surface area contributed by atoms with Gasteiger partial charge < -0.3 is 5.32 Å². The van der Waals surface area contributed by atoms with Crippen LogP contribution in [0.2, 0.25) is 10.0 Å². The molecule has 1 atom stereocenters. The van der Waals surface area contributed by atoms with E-state index in [1.165, 1.54) is 0 Å². The van der Waals surface area contributed by atoms with Crippen molar-refractivity contribution < 1.29 is 4.79 Å². The minimum absolute atomic E-state index is 0.223. The highest BCUT2D eigenvalue weighted by Gasteiger charge is 2.13. The van der Waals surface area contributed by atoms with Gasteiger partial charge in [0.25, 0.3) is 0 Å². The van der Waals surface area contributed by atoms with E-state index in [1.807, 2.05) is 0 Å². The molecule has 0 heterocycles. The number of rotatable bonds is 2. The van der Waals surface area contributed by atoms with Crippen molar-refractivity contribution in [3.05, 3.63) is 26.7 Å². The van der Waals surface area contributed by atoms with Crippen LogP contribution < -0.4 is 5.32 Å². The Morgan fingerprint density at radius 2 is 2.07 bits per heavy atom. The van der Waals surface area contributed by atoms with Crippen LogP contribution >= 0.6 is 51.8 Å². The minimum atomic E-state index is -0.400. The number of amides is 1. The summed E-state index contributed by atoms with van der Waals surface area (Å²) in [7, 11) is 0. The molecule has 2 nitrogen and oxygen atoms in total. The Labute approximate surface area is 112 Å². The van der Waals surface area contributed by atoms with Crippen molar-refractivity contribution in [1.29, 1.82) is 0 Å². The summed E-state index contributed by atoms with van der Waals surface area (Å²) in [5.74, 6) is -0.223. The molecule has 1 N–H and O–H groups in total. The molecule has 1 aromatic carbocycles. The molecule has 1 aromatic rings. The number of halogens is 3. The number of carbonyl (C=O) groups excluding carboxylic acids is 1. The Bertz CT molecular complexity index is 398. The van der Waals surface area contributed by atoms with Gasteiger partial charge in [-0.15, -0.1) is 0 Å². The molecule has 0 aliphatic carbocycles. The summed E-state index contributed by atoms with van der Waals surface area (Å²) in [4.78, 5) is 11.4. The SMILES string of the molecule is CC(S)C(=O)Nc1ccc(Br)c(Cl)c1Cl. The van der Waals surface area contributed by atoms with Crippen LogP contribution in [0.4, 0.5) is 5.69 Å². The maximum absolute atomic E-state index is 11.4. The Hall–Kier alpha value is 0.1000. The van der Waals surface area contributed by atoms with Crippen LogP contribution in [0, 0.1) is 0 Å². The number of hydrogen-bond donors (Lipinski definition) is 2. The molecule has 1 rings (SSSR count). The van der Waals surface area contributed by atoms with Crippen molar-refractivity contribution in [1.82, 2.24) is 0 Å². The quantitative estimate of drug-likeness (QED) is 0.623. The van der Waals surface area contributed by atoms with Crippen LogP contribution in [0.1, 0.15) is 6.92 Å². The van der Waals surface area contributed by atoms with Crippen molar-refractivity contribution in [3.8, 4) is 0 Å². The molecule has 6 heteroatoms. The molecular formula is C9H8BrCl2NOS. The molecular weight excluding hydrogens is 321 g/mol. The molecule has 82 valence electrons. The maximum Gasteiger partial charge on any atom is 0.236 e. The molecule has 0 spiro atoms. The molecule has 0 fully saturated rings. The number of thiol groups is 1. The molecule has 15 heavy (non-hydrogen) atoms. The highest BCUT2D eigenvalue weighted by molar-refractivity contribution is 9.10. The standard InChI is InChI=1S/C9H8BrCl2NOS/c1-4(15)9(14)13-6-3-2-5(10)7(11)8(6)12/h2-4,15H,1H3,(H,13,14). The molecule has 0 saturated carbocycles. The summed E-state index contributed by atoms with van der Waals surface area (Å²) in [6.07, 6.45) is 0. The van der Waals surface area contributed by atoms with E-state index in [9.17, 15) is 4.79 Å². The number of anilines is 1. The van der Waals surface area contributed by atoms with E-state index in [0.29, 0.717) is 20.2 Å². The summed E-state index contributed by atoms with van der Waals surface area (Å²) in [6, 6.07) is 3.39. The lowest BCUT2D eigenvalue weighted by Crippen LogP contribution is -2.20. The zero-order chi connectivity index (χ0) is 11.6. The first-order valence-electron chi connectivity index (χ1n) is 4.06. The summed E-state index contributed by atoms with van der Waals surface area (Å²) < 4.78 is 0.686. The van der Waals surface area contributed by atoms with Gasteiger partial charge in [-0.05, 0) is 35.0 Å². The molecule has 0 aliphatic rings. The average Bonchev–Trinajstić information content (AvgIpc) is 2.18. The zero-order valence-corrected chi connectivity index (χ0v) is 11.7. The first kappa shape index (κ1) is 13.2. The summed E-state index contributed by atoms with van der Waals surface area (Å²) in [6.45, 7) is 1.67. The Morgan fingerprint density at radius 3 is 2.60 bits per heavy atom. The summed E-state index contributed by atoms with van der Waals surface area (Å²) in [5, 5.41) is 2.92. The fourth-order valence-corrected chi connectivity index (χ4v) is 1.75. The molecule has 0 aliphatic heterocycles. The highest BCUT2D eigenvalue weighted by atomic mass is 79.9. The smallest absolute Gasteiger partial charge is 0.236 e. The third kappa shape index (κ3) is 3.28. The van der Waals surface area contributed by atoms with Crippen LogP contribution in [-0.4, -0.2) is 11.2 Å². The van der Waals surface area contributed by atoms with Gasteiger partial charge in [-0.25, -0.2) is 0 Å². The first-order chi connectivity index (χ1) is 6.93. The van der Waals surface area contributed by atoms with Gasteiger partial charge in [0.05, 0.1) is 21.0 Å². The molecule has 1 unspecified atom stereocenters. The van der Waals surface area contributed by atoms with E-state index < -0.39 is 5.25 Å². The van der Waals surface area contributed by atoms with E-state index in [4.69, 9.17) is 23.2 Å². The fraction of sp³-hybridized carbons (Fsp3) is 0.222. The third-order valence-corrected chi connectivity index (χ3v) is 3.68. The van der Waals surface area contributed by atoms with Crippen molar-refractivity contribution in [2.75, 3.05) is 5.32 Å². The minimum Gasteiger partial charge on any atom is -0.324 e. The summed E-state index contributed by atoms with van der Waals surface area (Å²) >= 11 is 19.1. The van der Waals surface area contributed by atoms with Gasteiger partial charge in [0.15, 0.2) is 0 Å². The van der Waals surface area contributed by atoms with Crippen LogP contribution in [-0.2, 0) is 4.79 Å². The monoisotopic (exact) mass is 327 g/mol. The highest BCUT2D eigenvalue weighted by Crippen LogP contribution is 2.35. The molecule has 0 aromatic heterocycles. The van der Waals surface area contributed by atoms with Crippen molar-refractivity contribution >= 4 is 63.4 Å². The van der Waals surface area contributed by atoms with Crippen molar-refractivity contribution in [3.63, 3.8) is 0 Å². The van der Waals surface area contributed by atoms with Crippen LogP contribution in [0.5, 0.6) is 0 Å². The van der Waals surface area contributed by atoms with Crippen LogP contribution in [0.15, 0.2) is 16.6 Å². The van der Waals surface area contributed by atoms with Gasteiger partial charge in [0, 0.05) is 4.47 Å². The predicted molar refractivity (Wildman–Crippen MR) is 71.2 cm³/mol. The van der Waals surface area contributed by atoms with Gasteiger partial charge in [-0.3, -0.25) is 4.79 Å². The molecule has 1 amide bonds. The molecule has 0 saturated heterocycles. The van der Waals surface area contributed by atoms with Gasteiger partial charge in [-0.1, -0.05) is 23.2 Å². The Kier molecular flexibility index (Phi) is 4.77. The van der Waals surface area contributed by atoms with E-state index >= 15 is 0 Å². The average molecular weight is 329 g/mol. The van der Waals surface area contributed by atoms with Crippen LogP contribution in [0.3, 0.4) is 0 Å². The largest absolute Gasteiger partial charge is 0.324 e. The second-order valence-electron chi connectivity index (χ2n) is 2.89. The number of nitrogens with one attached hydrogen (secondary N) is 1. The second-order valence-corrected chi connectivity index (χ2v) is 5.27. The zero-order valence-electron chi connectivity index (χ0n) is 7.72. The molecule has 0 bridgehead atoms. The van der Waals surface area contributed by atoms with Gasteiger partial charge in [-0.2, -0.15) is 12.6 Å². The van der Waals surface area contributed by atoms with Crippen molar-refractivity contribution in [2.24, 2.45) is 0 Å².